The maximum Gasteiger partial charge on any atom is 0.342 e. The highest BCUT2D eigenvalue weighted by Gasteiger charge is 2.28. The van der Waals surface area contributed by atoms with Gasteiger partial charge in [0.15, 0.2) is 0 Å². The van der Waals surface area contributed by atoms with Crippen molar-refractivity contribution >= 4 is 11.9 Å². The standard InChI is InChI=1S/C29H44O7/c1-5-6-7-8-9-17-27(30)34-19-18-24-20-26(35-21-32-3)22(2)13-10-11-14-23-15-12-16-25(33-4)28(23)29(31)36-24/h10-12,15-16,22,24,26H,5-9,13-14,17-21H2,1-4H3/t22-,24?,26+/m0/s1. The van der Waals surface area contributed by atoms with E-state index in [-0.39, 0.29) is 31.4 Å². The van der Waals surface area contributed by atoms with Crippen LogP contribution in [-0.2, 0) is 30.2 Å². The van der Waals surface area contributed by atoms with Crippen molar-refractivity contribution in [2.24, 2.45) is 5.92 Å². The molecule has 2 rings (SSSR count). The Bertz CT molecular complexity index is 820. The Kier molecular flexibility index (Phi) is 14.2. The SMILES string of the molecule is CCCCCCCC(=O)OCCC1C[C@@H](OCOC)[C@@H](C)CC=CCc2cccc(OC)c2C(=O)O1. The highest BCUT2D eigenvalue weighted by atomic mass is 16.7. The summed E-state index contributed by atoms with van der Waals surface area (Å²) < 4.78 is 28.1. The van der Waals surface area contributed by atoms with E-state index in [1.165, 1.54) is 12.8 Å². The van der Waals surface area contributed by atoms with Crippen molar-refractivity contribution in [3.05, 3.63) is 41.5 Å². The molecule has 3 atom stereocenters. The molecular formula is C29H44O7. The van der Waals surface area contributed by atoms with Crippen molar-refractivity contribution in [1.29, 1.82) is 0 Å². The highest BCUT2D eigenvalue weighted by molar-refractivity contribution is 5.94. The van der Waals surface area contributed by atoms with Gasteiger partial charge in [0, 0.05) is 26.4 Å². The molecule has 36 heavy (non-hydrogen) atoms. The molecule has 0 bridgehead atoms. The van der Waals surface area contributed by atoms with Crippen molar-refractivity contribution < 1.29 is 33.3 Å². The van der Waals surface area contributed by atoms with Crippen LogP contribution in [0.1, 0.15) is 87.6 Å². The fourth-order valence-electron chi connectivity index (χ4n) is 4.39. The van der Waals surface area contributed by atoms with E-state index in [9.17, 15) is 9.59 Å². The summed E-state index contributed by atoms with van der Waals surface area (Å²) in [7, 11) is 3.13. The molecule has 0 spiro atoms. The Labute approximate surface area is 216 Å². The van der Waals surface area contributed by atoms with Gasteiger partial charge < -0.3 is 23.7 Å². The second-order valence-electron chi connectivity index (χ2n) is 9.43. The molecule has 7 heteroatoms. The first-order chi connectivity index (χ1) is 17.5. The van der Waals surface area contributed by atoms with E-state index in [0.717, 1.165) is 31.2 Å². The largest absolute Gasteiger partial charge is 0.496 e. The lowest BCUT2D eigenvalue weighted by Gasteiger charge is -2.28. The van der Waals surface area contributed by atoms with Crippen LogP contribution < -0.4 is 4.74 Å². The van der Waals surface area contributed by atoms with Gasteiger partial charge in [0.25, 0.3) is 0 Å². The molecule has 1 unspecified atom stereocenters. The highest BCUT2D eigenvalue weighted by Crippen LogP contribution is 2.28. The number of hydrogen-bond acceptors (Lipinski definition) is 7. The first-order valence-electron chi connectivity index (χ1n) is 13.3. The number of carbonyl (C=O) groups is 2. The van der Waals surface area contributed by atoms with Gasteiger partial charge in [-0.3, -0.25) is 4.79 Å². The third kappa shape index (κ3) is 10.3. The van der Waals surface area contributed by atoms with Crippen molar-refractivity contribution in [3.8, 4) is 5.75 Å². The van der Waals surface area contributed by atoms with Crippen LogP contribution in [0.5, 0.6) is 5.75 Å². The third-order valence-corrected chi connectivity index (χ3v) is 6.54. The quantitative estimate of drug-likeness (QED) is 0.140. The molecule has 1 aromatic rings. The number of unbranched alkanes of at least 4 members (excludes halogenated alkanes) is 4. The van der Waals surface area contributed by atoms with E-state index in [1.807, 2.05) is 12.1 Å². The zero-order valence-electron chi connectivity index (χ0n) is 22.5. The number of hydrogen-bond donors (Lipinski definition) is 0. The van der Waals surface area contributed by atoms with Crippen LogP contribution in [0.25, 0.3) is 0 Å². The molecule has 1 aliphatic rings. The summed E-state index contributed by atoms with van der Waals surface area (Å²) in [5, 5.41) is 0. The minimum Gasteiger partial charge on any atom is -0.496 e. The minimum absolute atomic E-state index is 0.156. The number of carbonyl (C=O) groups excluding carboxylic acids is 2. The molecule has 0 radical (unpaired) electrons. The van der Waals surface area contributed by atoms with Crippen LogP contribution in [0.3, 0.4) is 0 Å². The number of methoxy groups -OCH3 is 2. The smallest absolute Gasteiger partial charge is 0.342 e. The average molecular weight is 505 g/mol. The van der Waals surface area contributed by atoms with E-state index in [4.69, 9.17) is 23.7 Å². The number of rotatable bonds is 13. The van der Waals surface area contributed by atoms with Gasteiger partial charge in [-0.05, 0) is 36.8 Å². The molecule has 0 amide bonds. The summed E-state index contributed by atoms with van der Waals surface area (Å²) >= 11 is 0. The summed E-state index contributed by atoms with van der Waals surface area (Å²) in [6.45, 7) is 4.63. The lowest BCUT2D eigenvalue weighted by Crippen LogP contribution is -2.32. The van der Waals surface area contributed by atoms with Crippen LogP contribution in [0, 0.1) is 5.92 Å². The van der Waals surface area contributed by atoms with E-state index in [2.05, 4.69) is 26.0 Å². The molecule has 1 aliphatic heterocycles. The predicted molar refractivity (Wildman–Crippen MR) is 139 cm³/mol. The summed E-state index contributed by atoms with van der Waals surface area (Å²) in [5.74, 6) is 0.0229. The summed E-state index contributed by atoms with van der Waals surface area (Å²) in [6, 6.07) is 5.56. The monoisotopic (exact) mass is 504 g/mol. The average Bonchev–Trinajstić information content (AvgIpc) is 2.87. The third-order valence-electron chi connectivity index (χ3n) is 6.54. The Balaban J connectivity index is 2.12. The Morgan fingerprint density at radius 3 is 2.67 bits per heavy atom. The number of allylic oxidation sites excluding steroid dienone is 2. The van der Waals surface area contributed by atoms with Gasteiger partial charge in [0.05, 0.1) is 19.8 Å². The molecule has 1 aromatic carbocycles. The molecule has 0 saturated carbocycles. The van der Waals surface area contributed by atoms with Gasteiger partial charge in [0.1, 0.15) is 24.2 Å². The topological polar surface area (TPSA) is 80.3 Å². The Morgan fingerprint density at radius 1 is 1.11 bits per heavy atom. The van der Waals surface area contributed by atoms with Crippen LogP contribution in [-0.4, -0.2) is 51.8 Å². The maximum atomic E-state index is 13.3. The second-order valence-corrected chi connectivity index (χ2v) is 9.43. The van der Waals surface area contributed by atoms with Gasteiger partial charge in [-0.2, -0.15) is 0 Å². The lowest BCUT2D eigenvalue weighted by atomic mass is 9.93. The van der Waals surface area contributed by atoms with Crippen molar-refractivity contribution in [2.45, 2.75) is 90.3 Å². The summed E-state index contributed by atoms with van der Waals surface area (Å²) in [4.78, 5) is 25.5. The molecule has 0 fully saturated rings. The van der Waals surface area contributed by atoms with Crippen molar-refractivity contribution in [1.82, 2.24) is 0 Å². The molecule has 0 N–H and O–H groups in total. The minimum atomic E-state index is -0.486. The van der Waals surface area contributed by atoms with Gasteiger partial charge >= 0.3 is 11.9 Å². The fourth-order valence-corrected chi connectivity index (χ4v) is 4.39. The number of ether oxygens (including phenoxy) is 5. The Morgan fingerprint density at radius 2 is 1.92 bits per heavy atom. The number of esters is 2. The van der Waals surface area contributed by atoms with Crippen LogP contribution >= 0.6 is 0 Å². The zero-order valence-corrected chi connectivity index (χ0v) is 22.5. The van der Waals surface area contributed by atoms with E-state index < -0.39 is 12.1 Å². The molecule has 0 aromatic heterocycles. The number of fused-ring (bicyclic) bond motifs is 1. The fraction of sp³-hybridized carbons (Fsp3) is 0.655. The maximum absolute atomic E-state index is 13.3. The normalized spacial score (nSPS) is 20.6. The summed E-state index contributed by atoms with van der Waals surface area (Å²) in [5.41, 5.74) is 1.28. The van der Waals surface area contributed by atoms with Gasteiger partial charge in [-0.15, -0.1) is 0 Å². The molecule has 7 nitrogen and oxygen atoms in total. The first kappa shape index (κ1) is 29.8. The second kappa shape index (κ2) is 17.1. The van der Waals surface area contributed by atoms with Gasteiger partial charge in [0.2, 0.25) is 0 Å². The zero-order chi connectivity index (χ0) is 26.2. The van der Waals surface area contributed by atoms with Crippen LogP contribution in [0.4, 0.5) is 0 Å². The van der Waals surface area contributed by atoms with Crippen molar-refractivity contribution in [3.63, 3.8) is 0 Å². The van der Waals surface area contributed by atoms with Gasteiger partial charge in [-0.25, -0.2) is 4.79 Å². The predicted octanol–water partition coefficient (Wildman–Crippen LogP) is 6.03. The molecule has 0 saturated heterocycles. The lowest BCUT2D eigenvalue weighted by molar-refractivity contribution is -0.144. The molecule has 1 heterocycles. The Hall–Kier alpha value is -2.38. The number of cyclic esters (lactones) is 1. The van der Waals surface area contributed by atoms with Crippen LogP contribution in [0.2, 0.25) is 0 Å². The number of benzene rings is 1. The van der Waals surface area contributed by atoms with Crippen LogP contribution in [0.15, 0.2) is 30.4 Å². The molecule has 202 valence electrons. The molecular weight excluding hydrogens is 460 g/mol. The van der Waals surface area contributed by atoms with E-state index in [1.54, 1.807) is 20.3 Å². The van der Waals surface area contributed by atoms with Gasteiger partial charge in [-0.1, -0.05) is 63.8 Å². The first-order valence-corrected chi connectivity index (χ1v) is 13.3. The summed E-state index contributed by atoms with van der Waals surface area (Å²) in [6.07, 6.45) is 11.6. The molecule has 0 aliphatic carbocycles. The van der Waals surface area contributed by atoms with Crippen molar-refractivity contribution in [2.75, 3.05) is 27.6 Å². The van der Waals surface area contributed by atoms with E-state index in [0.29, 0.717) is 37.0 Å². The van der Waals surface area contributed by atoms with E-state index >= 15 is 0 Å².